The zero-order valence-corrected chi connectivity index (χ0v) is 25.5. The topological polar surface area (TPSA) is 114 Å². The van der Waals surface area contributed by atoms with Crippen molar-refractivity contribution >= 4 is 63.6 Å². The van der Waals surface area contributed by atoms with Crippen LogP contribution in [0.4, 0.5) is 17.1 Å². The minimum Gasteiger partial charge on any atom is -0.369 e. The molecule has 2 N–H and O–H groups in total. The number of amides is 2. The number of hydrogen-bond acceptors (Lipinski definition) is 8. The molecule has 2 amide bonds. The van der Waals surface area contributed by atoms with E-state index in [1.54, 1.807) is 32.0 Å². The molecule has 0 spiro atoms. The number of halogens is 1. The summed E-state index contributed by atoms with van der Waals surface area (Å²) in [6.45, 7) is 7.78. The first-order valence-corrected chi connectivity index (χ1v) is 14.9. The highest BCUT2D eigenvalue weighted by atomic mass is 35.5. The fourth-order valence-corrected chi connectivity index (χ4v) is 5.86. The first-order chi connectivity index (χ1) is 20.2. The number of aromatic nitrogens is 1. The number of nitrogens with one attached hydrogen (secondary N) is 2. The fourth-order valence-electron chi connectivity index (χ4n) is 4.65. The molecule has 4 rings (SSSR count). The van der Waals surface area contributed by atoms with Crippen LogP contribution in [0.3, 0.4) is 0 Å². The maximum absolute atomic E-state index is 13.1. The van der Waals surface area contributed by atoms with Gasteiger partial charge in [-0.3, -0.25) is 23.9 Å². The maximum Gasteiger partial charge on any atom is 0.270 e. The van der Waals surface area contributed by atoms with Gasteiger partial charge in [-0.2, -0.15) is 5.26 Å². The van der Waals surface area contributed by atoms with E-state index in [1.807, 2.05) is 54.6 Å². The summed E-state index contributed by atoms with van der Waals surface area (Å²) >= 11 is 7.09. The van der Waals surface area contributed by atoms with E-state index >= 15 is 0 Å². The van der Waals surface area contributed by atoms with Gasteiger partial charge in [-0.05, 0) is 56.3 Å². The van der Waals surface area contributed by atoms with Gasteiger partial charge in [-0.15, -0.1) is 11.3 Å². The number of nitriles is 1. The van der Waals surface area contributed by atoms with Gasteiger partial charge in [-0.1, -0.05) is 17.7 Å². The normalized spacial score (nSPS) is 14.7. The summed E-state index contributed by atoms with van der Waals surface area (Å²) in [5, 5.41) is 16.0. The third-order valence-corrected chi connectivity index (χ3v) is 8.40. The zero-order chi connectivity index (χ0) is 30.2. The average molecular weight is 608 g/mol. The van der Waals surface area contributed by atoms with E-state index in [9.17, 15) is 19.6 Å². The molecule has 0 unspecified atom stereocenters. The highest BCUT2D eigenvalue weighted by molar-refractivity contribution is 7.07. The molecule has 0 aliphatic carbocycles. The van der Waals surface area contributed by atoms with Crippen LogP contribution in [0.15, 0.2) is 53.3 Å². The predicted octanol–water partition coefficient (Wildman–Crippen LogP) is 2.03. The highest BCUT2D eigenvalue weighted by Crippen LogP contribution is 2.21. The number of carbonyl (C=O) groups is 2. The van der Waals surface area contributed by atoms with Crippen molar-refractivity contribution < 1.29 is 9.59 Å². The SMILES string of the molecule is CCNC(=O)C(C#N)=c1sc(=CNc2cccc(N(C)C(=O)CN3CCN(c4ccc(Cl)cc4)CC3)c2)c(=O)n1CC. The van der Waals surface area contributed by atoms with Crippen LogP contribution in [0.25, 0.3) is 11.8 Å². The van der Waals surface area contributed by atoms with Crippen molar-refractivity contribution in [3.8, 4) is 6.07 Å². The van der Waals surface area contributed by atoms with Crippen molar-refractivity contribution in [1.29, 1.82) is 5.26 Å². The van der Waals surface area contributed by atoms with Crippen LogP contribution in [0, 0.1) is 11.3 Å². The molecule has 10 nitrogen and oxygen atoms in total. The lowest BCUT2D eigenvalue weighted by atomic mass is 10.2. The largest absolute Gasteiger partial charge is 0.369 e. The number of likely N-dealkylation sites (N-methyl/N-ethyl adjacent to an activating group) is 1. The molecule has 1 aliphatic rings. The first kappa shape index (κ1) is 30.8. The Morgan fingerprint density at radius 3 is 2.48 bits per heavy atom. The number of anilines is 3. The first-order valence-electron chi connectivity index (χ1n) is 13.7. The van der Waals surface area contributed by atoms with E-state index in [0.717, 1.165) is 43.2 Å². The monoisotopic (exact) mass is 607 g/mol. The van der Waals surface area contributed by atoms with Gasteiger partial charge < -0.3 is 20.4 Å². The minimum absolute atomic E-state index is 0.0188. The summed E-state index contributed by atoms with van der Waals surface area (Å²) in [7, 11) is 1.75. The molecule has 1 fully saturated rings. The molecule has 0 radical (unpaired) electrons. The third kappa shape index (κ3) is 7.20. The second-order valence-electron chi connectivity index (χ2n) is 9.70. The average Bonchev–Trinajstić information content (AvgIpc) is 3.31. The van der Waals surface area contributed by atoms with Crippen molar-refractivity contribution in [2.45, 2.75) is 20.4 Å². The van der Waals surface area contributed by atoms with Crippen LogP contribution in [0.5, 0.6) is 0 Å². The van der Waals surface area contributed by atoms with Gasteiger partial charge in [0.25, 0.3) is 11.5 Å². The Labute approximate surface area is 253 Å². The van der Waals surface area contributed by atoms with Crippen LogP contribution < -0.4 is 35.2 Å². The smallest absolute Gasteiger partial charge is 0.270 e. The number of benzene rings is 2. The van der Waals surface area contributed by atoms with Gasteiger partial charge >= 0.3 is 0 Å². The third-order valence-electron chi connectivity index (χ3n) is 7.01. The lowest BCUT2D eigenvalue weighted by Gasteiger charge is -2.36. The Morgan fingerprint density at radius 2 is 1.83 bits per heavy atom. The van der Waals surface area contributed by atoms with Crippen molar-refractivity contribution in [2.75, 3.05) is 61.4 Å². The lowest BCUT2D eigenvalue weighted by molar-refractivity contribution is -0.119. The Kier molecular flexibility index (Phi) is 10.4. The van der Waals surface area contributed by atoms with Crippen molar-refractivity contribution in [1.82, 2.24) is 14.8 Å². The van der Waals surface area contributed by atoms with Crippen molar-refractivity contribution in [2.24, 2.45) is 0 Å². The van der Waals surface area contributed by atoms with Crippen LogP contribution in [0.1, 0.15) is 13.8 Å². The molecule has 42 heavy (non-hydrogen) atoms. The molecular weight excluding hydrogens is 574 g/mol. The molecule has 0 bridgehead atoms. The second kappa shape index (κ2) is 14.2. The molecular formula is C30H34ClN7O3S. The standard InChI is InChI=1S/C30H34ClN7O3S/c1-4-33-28(40)25(18-32)30-38(5-2)29(41)26(42-30)19-34-22-7-6-8-24(17-22)35(3)27(39)20-36-13-15-37(16-14-36)23-11-9-21(31)10-12-23/h6-12,17,19,34H,4-5,13-16,20H2,1-3H3,(H,33,40). The van der Waals surface area contributed by atoms with Gasteiger partial charge in [0.1, 0.15) is 15.3 Å². The minimum atomic E-state index is -0.508. The molecule has 1 aliphatic heterocycles. The molecule has 0 atom stereocenters. The van der Waals surface area contributed by atoms with Crippen LogP contribution in [-0.2, 0) is 16.1 Å². The molecule has 3 aromatic rings. The number of nitrogens with zero attached hydrogens (tertiary/aromatic N) is 5. The molecule has 1 aromatic heterocycles. The lowest BCUT2D eigenvalue weighted by Crippen LogP contribution is -2.49. The van der Waals surface area contributed by atoms with E-state index in [-0.39, 0.29) is 17.0 Å². The Hall–Kier alpha value is -4.11. The van der Waals surface area contributed by atoms with E-state index in [4.69, 9.17) is 11.6 Å². The summed E-state index contributed by atoms with van der Waals surface area (Å²) < 4.78 is 2.10. The van der Waals surface area contributed by atoms with E-state index in [0.29, 0.717) is 45.2 Å². The maximum atomic E-state index is 13.1. The molecule has 2 aromatic carbocycles. The number of carbonyl (C=O) groups excluding carboxylic acids is 2. The zero-order valence-electron chi connectivity index (χ0n) is 23.9. The molecule has 12 heteroatoms. The summed E-state index contributed by atoms with van der Waals surface area (Å²) in [6.07, 6.45) is 1.57. The van der Waals surface area contributed by atoms with Crippen LogP contribution in [-0.4, -0.2) is 67.6 Å². The quantitative estimate of drug-likeness (QED) is 0.383. The summed E-state index contributed by atoms with van der Waals surface area (Å²) in [5.74, 6) is -0.526. The number of hydrogen-bond donors (Lipinski definition) is 2. The molecule has 2 heterocycles. The van der Waals surface area contributed by atoms with Gasteiger partial charge in [0, 0.05) is 74.6 Å². The molecule has 0 saturated carbocycles. The second-order valence-corrected chi connectivity index (χ2v) is 11.2. The van der Waals surface area contributed by atoms with Gasteiger partial charge in [-0.25, -0.2) is 0 Å². The predicted molar refractivity (Wildman–Crippen MR) is 169 cm³/mol. The van der Waals surface area contributed by atoms with E-state index in [1.165, 1.54) is 4.57 Å². The number of piperazine rings is 1. The fraction of sp³-hybridized carbons (Fsp3) is 0.333. The highest BCUT2D eigenvalue weighted by Gasteiger charge is 2.21. The van der Waals surface area contributed by atoms with Gasteiger partial charge in [0.15, 0.2) is 5.57 Å². The van der Waals surface area contributed by atoms with E-state index in [2.05, 4.69) is 20.4 Å². The van der Waals surface area contributed by atoms with Crippen molar-refractivity contribution in [3.05, 3.63) is 73.1 Å². The summed E-state index contributed by atoms with van der Waals surface area (Å²) in [4.78, 5) is 44.6. The number of rotatable bonds is 9. The Balaban J connectivity index is 1.43. The van der Waals surface area contributed by atoms with Crippen LogP contribution in [0.2, 0.25) is 5.02 Å². The number of thiazole rings is 1. The van der Waals surface area contributed by atoms with Crippen LogP contribution >= 0.6 is 22.9 Å². The van der Waals surface area contributed by atoms with Gasteiger partial charge in [0.05, 0.1) is 6.54 Å². The van der Waals surface area contributed by atoms with Crippen molar-refractivity contribution in [3.63, 3.8) is 0 Å². The summed E-state index contributed by atoms with van der Waals surface area (Å²) in [5.41, 5.74) is 2.15. The Bertz CT molecular complexity index is 1650. The van der Waals surface area contributed by atoms with E-state index < -0.39 is 5.91 Å². The molecule has 220 valence electrons. The van der Waals surface area contributed by atoms with Gasteiger partial charge in [0.2, 0.25) is 5.91 Å². The molecule has 1 saturated heterocycles. The summed E-state index contributed by atoms with van der Waals surface area (Å²) in [6, 6.07) is 17.1. The Morgan fingerprint density at radius 1 is 1.12 bits per heavy atom.